The minimum absolute atomic E-state index is 0.0815. The van der Waals surface area contributed by atoms with Gasteiger partial charge in [-0.15, -0.1) is 0 Å². The zero-order valence-corrected chi connectivity index (χ0v) is 18.5. The zero-order valence-electron chi connectivity index (χ0n) is 18.5. The summed E-state index contributed by atoms with van der Waals surface area (Å²) in [6.07, 6.45) is 3.91. The number of rotatable bonds is 4. The molecule has 0 aliphatic carbocycles. The molecule has 0 saturated carbocycles. The van der Waals surface area contributed by atoms with Gasteiger partial charge in [0.05, 0.1) is 28.6 Å². The van der Waals surface area contributed by atoms with Crippen LogP contribution in [0.4, 0.5) is 0 Å². The SMILES string of the molecule is Cc1ccc(-c2nc3ccc(C(=O)NC4CCCNC4)cn3c2-c2ccc(C#N)cc2)cc1. The Hall–Kier alpha value is -3.95. The molecule has 0 bridgehead atoms. The van der Waals surface area contributed by atoms with Gasteiger partial charge in [-0.05, 0) is 50.6 Å². The lowest BCUT2D eigenvalue weighted by Gasteiger charge is -2.23. The van der Waals surface area contributed by atoms with E-state index in [1.807, 2.05) is 34.9 Å². The molecule has 3 heterocycles. The highest BCUT2D eigenvalue weighted by molar-refractivity contribution is 5.95. The first-order chi connectivity index (χ1) is 16.1. The maximum atomic E-state index is 13.0. The molecule has 6 heteroatoms. The fourth-order valence-corrected chi connectivity index (χ4v) is 4.31. The number of hydrogen-bond acceptors (Lipinski definition) is 4. The number of imidazole rings is 1. The van der Waals surface area contributed by atoms with Crippen LogP contribution in [0.3, 0.4) is 0 Å². The van der Waals surface area contributed by atoms with E-state index in [-0.39, 0.29) is 11.9 Å². The number of nitriles is 1. The summed E-state index contributed by atoms with van der Waals surface area (Å²) in [6.45, 7) is 3.86. The number of piperidine rings is 1. The summed E-state index contributed by atoms with van der Waals surface area (Å²) in [5.74, 6) is -0.0815. The van der Waals surface area contributed by atoms with Crippen molar-refractivity contribution in [2.24, 2.45) is 0 Å². The van der Waals surface area contributed by atoms with E-state index >= 15 is 0 Å². The Balaban J connectivity index is 1.61. The number of carbonyl (C=O) groups excluding carboxylic acids is 1. The average Bonchev–Trinajstić information content (AvgIpc) is 3.24. The van der Waals surface area contributed by atoms with Crippen molar-refractivity contribution in [3.63, 3.8) is 0 Å². The van der Waals surface area contributed by atoms with E-state index in [9.17, 15) is 10.1 Å². The van der Waals surface area contributed by atoms with Gasteiger partial charge in [0.2, 0.25) is 0 Å². The summed E-state index contributed by atoms with van der Waals surface area (Å²) in [7, 11) is 0. The van der Waals surface area contributed by atoms with Gasteiger partial charge in [-0.25, -0.2) is 4.98 Å². The highest BCUT2D eigenvalue weighted by Crippen LogP contribution is 2.33. The van der Waals surface area contributed by atoms with E-state index in [1.54, 1.807) is 12.1 Å². The van der Waals surface area contributed by atoms with Gasteiger partial charge in [0, 0.05) is 29.9 Å². The van der Waals surface area contributed by atoms with E-state index in [0.29, 0.717) is 11.1 Å². The minimum Gasteiger partial charge on any atom is -0.348 e. The molecular weight excluding hydrogens is 410 g/mol. The second kappa shape index (κ2) is 8.89. The molecule has 0 spiro atoms. The molecule has 1 fully saturated rings. The van der Waals surface area contributed by atoms with Crippen LogP contribution in [0, 0.1) is 18.3 Å². The van der Waals surface area contributed by atoms with Crippen molar-refractivity contribution in [1.29, 1.82) is 5.26 Å². The van der Waals surface area contributed by atoms with Crippen LogP contribution in [0.2, 0.25) is 0 Å². The molecule has 6 nitrogen and oxygen atoms in total. The van der Waals surface area contributed by atoms with E-state index in [2.05, 4.69) is 47.9 Å². The molecule has 1 aliphatic heterocycles. The predicted molar refractivity (Wildman–Crippen MR) is 129 cm³/mol. The van der Waals surface area contributed by atoms with Crippen molar-refractivity contribution in [3.8, 4) is 28.6 Å². The molecule has 1 saturated heterocycles. The molecule has 5 rings (SSSR count). The van der Waals surface area contributed by atoms with Crippen molar-refractivity contribution in [2.45, 2.75) is 25.8 Å². The van der Waals surface area contributed by atoms with E-state index in [4.69, 9.17) is 4.98 Å². The smallest absolute Gasteiger partial charge is 0.253 e. The zero-order chi connectivity index (χ0) is 22.8. The van der Waals surface area contributed by atoms with Crippen molar-refractivity contribution in [3.05, 3.63) is 83.6 Å². The summed E-state index contributed by atoms with van der Waals surface area (Å²) in [4.78, 5) is 17.9. The molecule has 2 N–H and O–H groups in total. The molecule has 1 aliphatic rings. The van der Waals surface area contributed by atoms with Crippen molar-refractivity contribution in [1.82, 2.24) is 20.0 Å². The Labute approximate surface area is 192 Å². The van der Waals surface area contributed by atoms with Gasteiger partial charge in [-0.3, -0.25) is 9.20 Å². The first kappa shape index (κ1) is 20.9. The van der Waals surface area contributed by atoms with Crippen LogP contribution >= 0.6 is 0 Å². The Bertz CT molecular complexity index is 1340. The quantitative estimate of drug-likeness (QED) is 0.500. The van der Waals surface area contributed by atoms with Crippen LogP contribution < -0.4 is 10.6 Å². The van der Waals surface area contributed by atoms with Gasteiger partial charge >= 0.3 is 0 Å². The average molecular weight is 436 g/mol. The van der Waals surface area contributed by atoms with Crippen LogP contribution in [0.15, 0.2) is 66.9 Å². The number of amides is 1. The number of carbonyl (C=O) groups is 1. The molecule has 2 aromatic heterocycles. The Kier molecular flexibility index (Phi) is 5.64. The van der Waals surface area contributed by atoms with Gasteiger partial charge in [0.15, 0.2) is 0 Å². The van der Waals surface area contributed by atoms with Crippen molar-refractivity contribution in [2.75, 3.05) is 13.1 Å². The third-order valence-electron chi connectivity index (χ3n) is 6.13. The van der Waals surface area contributed by atoms with Gasteiger partial charge in [0.25, 0.3) is 5.91 Å². The number of aromatic nitrogens is 2. The monoisotopic (exact) mass is 435 g/mol. The fourth-order valence-electron chi connectivity index (χ4n) is 4.31. The van der Waals surface area contributed by atoms with Gasteiger partial charge < -0.3 is 10.6 Å². The number of benzene rings is 2. The predicted octanol–water partition coefficient (Wildman–Crippen LogP) is 4.33. The summed E-state index contributed by atoms with van der Waals surface area (Å²) >= 11 is 0. The number of fused-ring (bicyclic) bond motifs is 1. The van der Waals surface area contributed by atoms with Gasteiger partial charge in [0.1, 0.15) is 5.65 Å². The minimum atomic E-state index is -0.0815. The Morgan fingerprint density at radius 1 is 1.09 bits per heavy atom. The van der Waals surface area contributed by atoms with Crippen LogP contribution in [-0.4, -0.2) is 34.4 Å². The second-order valence-electron chi connectivity index (χ2n) is 8.53. The lowest BCUT2D eigenvalue weighted by Crippen LogP contribution is -2.45. The number of nitrogens with one attached hydrogen (secondary N) is 2. The third-order valence-corrected chi connectivity index (χ3v) is 6.13. The lowest BCUT2D eigenvalue weighted by molar-refractivity contribution is 0.0930. The number of aryl methyl sites for hydroxylation is 1. The maximum absolute atomic E-state index is 13.0. The van der Waals surface area contributed by atoms with E-state index < -0.39 is 0 Å². The van der Waals surface area contributed by atoms with E-state index in [1.165, 1.54) is 5.56 Å². The first-order valence-corrected chi connectivity index (χ1v) is 11.2. The largest absolute Gasteiger partial charge is 0.348 e. The third kappa shape index (κ3) is 4.23. The number of hydrogen-bond donors (Lipinski definition) is 2. The summed E-state index contributed by atoms with van der Waals surface area (Å²) in [5, 5.41) is 15.7. The van der Waals surface area contributed by atoms with Gasteiger partial charge in [-0.2, -0.15) is 5.26 Å². The summed E-state index contributed by atoms with van der Waals surface area (Å²) < 4.78 is 1.98. The molecule has 4 aromatic rings. The maximum Gasteiger partial charge on any atom is 0.253 e. The summed E-state index contributed by atoms with van der Waals surface area (Å²) in [6, 6.07) is 21.8. The Morgan fingerprint density at radius 3 is 2.55 bits per heavy atom. The van der Waals surface area contributed by atoms with Crippen molar-refractivity contribution >= 4 is 11.6 Å². The standard InChI is InChI=1S/C27H25N5O/c1-18-4-8-20(9-5-18)25-26(21-10-6-19(15-28)7-11-21)32-17-22(12-13-24(32)31-25)27(33)30-23-3-2-14-29-16-23/h4-13,17,23,29H,2-3,14,16H2,1H3,(H,30,33). The molecule has 1 amide bonds. The lowest BCUT2D eigenvalue weighted by atomic mass is 10.0. The molecule has 164 valence electrons. The summed E-state index contributed by atoms with van der Waals surface area (Å²) in [5.41, 5.74) is 6.82. The van der Waals surface area contributed by atoms with Crippen LogP contribution in [0.1, 0.15) is 34.3 Å². The molecular formula is C27H25N5O. The number of pyridine rings is 1. The highest BCUT2D eigenvalue weighted by Gasteiger charge is 2.20. The molecule has 2 aromatic carbocycles. The normalized spacial score (nSPS) is 15.8. The van der Waals surface area contributed by atoms with Crippen molar-refractivity contribution < 1.29 is 4.79 Å². The van der Waals surface area contributed by atoms with Crippen LogP contribution in [0.5, 0.6) is 0 Å². The highest BCUT2D eigenvalue weighted by atomic mass is 16.1. The second-order valence-corrected chi connectivity index (χ2v) is 8.53. The number of nitrogens with zero attached hydrogens (tertiary/aromatic N) is 3. The first-order valence-electron chi connectivity index (χ1n) is 11.2. The van der Waals surface area contributed by atoms with E-state index in [0.717, 1.165) is 54.1 Å². The van der Waals surface area contributed by atoms with Crippen LogP contribution in [0.25, 0.3) is 28.2 Å². The molecule has 33 heavy (non-hydrogen) atoms. The molecule has 1 atom stereocenters. The fraction of sp³-hybridized carbons (Fsp3) is 0.222. The van der Waals surface area contributed by atoms with Gasteiger partial charge in [-0.1, -0.05) is 42.0 Å². The molecule has 1 unspecified atom stereocenters. The Morgan fingerprint density at radius 2 is 1.85 bits per heavy atom. The molecule has 0 radical (unpaired) electrons. The topological polar surface area (TPSA) is 82.2 Å². The van der Waals surface area contributed by atoms with Crippen LogP contribution in [-0.2, 0) is 0 Å².